The van der Waals surface area contributed by atoms with Crippen LogP contribution in [0.25, 0.3) is 17.0 Å². The molecular formula is C19H25N5O2. The van der Waals surface area contributed by atoms with Crippen LogP contribution < -0.4 is 5.73 Å². The van der Waals surface area contributed by atoms with E-state index in [2.05, 4.69) is 35.3 Å². The van der Waals surface area contributed by atoms with Gasteiger partial charge in [0.2, 0.25) is 11.7 Å². The molecule has 7 nitrogen and oxygen atoms in total. The Hall–Kier alpha value is -2.67. The fourth-order valence-electron chi connectivity index (χ4n) is 3.09. The molecule has 2 aromatic rings. The van der Waals surface area contributed by atoms with Crippen molar-refractivity contribution >= 4 is 11.5 Å². The van der Waals surface area contributed by atoms with Crippen LogP contribution in [0, 0.1) is 5.41 Å². The summed E-state index contributed by atoms with van der Waals surface area (Å²) in [5.41, 5.74) is 8.86. The second-order valence-corrected chi connectivity index (χ2v) is 6.52. The van der Waals surface area contributed by atoms with Gasteiger partial charge in [-0.25, -0.2) is 0 Å². The first-order chi connectivity index (χ1) is 12.6. The van der Waals surface area contributed by atoms with E-state index in [9.17, 15) is 0 Å². The summed E-state index contributed by atoms with van der Waals surface area (Å²) in [4.78, 5) is 6.37. The number of likely N-dealkylation sites (tertiary alicyclic amines) is 1. The molecule has 0 bridgehead atoms. The van der Waals surface area contributed by atoms with Gasteiger partial charge in [0.1, 0.15) is 0 Å². The van der Waals surface area contributed by atoms with Crippen LogP contribution in [-0.2, 0) is 4.74 Å². The van der Waals surface area contributed by atoms with E-state index in [1.807, 2.05) is 17.0 Å². The summed E-state index contributed by atoms with van der Waals surface area (Å²) in [6.07, 6.45) is 3.94. The molecule has 0 spiro atoms. The Morgan fingerprint density at radius 3 is 2.85 bits per heavy atom. The molecule has 0 unspecified atom stereocenters. The number of rotatable bonds is 6. The van der Waals surface area contributed by atoms with Crippen molar-refractivity contribution in [2.24, 2.45) is 5.73 Å². The topological polar surface area (TPSA) is 101 Å². The third-order valence-electron chi connectivity index (χ3n) is 4.69. The zero-order chi connectivity index (χ0) is 18.5. The average molecular weight is 355 g/mol. The molecular weight excluding hydrogens is 330 g/mol. The molecule has 1 atom stereocenters. The lowest BCUT2D eigenvalue weighted by Crippen LogP contribution is -2.34. The Kier molecular flexibility index (Phi) is 5.68. The van der Waals surface area contributed by atoms with Gasteiger partial charge < -0.3 is 19.9 Å². The van der Waals surface area contributed by atoms with E-state index in [4.69, 9.17) is 20.4 Å². The number of nitrogens with two attached hydrogens (primary N) is 1. The number of allylic oxidation sites excluding steroid dienone is 1. The second kappa shape index (κ2) is 8.14. The summed E-state index contributed by atoms with van der Waals surface area (Å²) in [7, 11) is 1.71. The molecule has 2 heterocycles. The second-order valence-electron chi connectivity index (χ2n) is 6.52. The van der Waals surface area contributed by atoms with Gasteiger partial charge in [-0.05, 0) is 30.9 Å². The highest BCUT2D eigenvalue weighted by Gasteiger charge is 2.29. The largest absolute Gasteiger partial charge is 0.384 e. The first-order valence-corrected chi connectivity index (χ1v) is 8.77. The third-order valence-corrected chi connectivity index (χ3v) is 4.69. The summed E-state index contributed by atoms with van der Waals surface area (Å²) in [5.74, 6) is 1.43. The van der Waals surface area contributed by atoms with E-state index in [1.165, 1.54) is 11.1 Å². The molecule has 138 valence electrons. The normalized spacial score (nSPS) is 17.7. The fourth-order valence-corrected chi connectivity index (χ4v) is 3.09. The first-order valence-electron chi connectivity index (χ1n) is 8.77. The Bertz CT molecular complexity index is 781. The fraction of sp³-hybridized carbons (Fsp3) is 0.421. The Morgan fingerprint density at radius 1 is 1.42 bits per heavy atom. The van der Waals surface area contributed by atoms with Crippen LogP contribution in [0.4, 0.5) is 0 Å². The maximum atomic E-state index is 7.52. The number of nitrogens with one attached hydrogen (secondary N) is 1. The van der Waals surface area contributed by atoms with Crippen LogP contribution in [0.2, 0.25) is 0 Å². The maximum absolute atomic E-state index is 7.52. The van der Waals surface area contributed by atoms with E-state index in [0.29, 0.717) is 18.3 Å². The van der Waals surface area contributed by atoms with Gasteiger partial charge in [0.25, 0.3) is 0 Å². The lowest BCUT2D eigenvalue weighted by Gasteiger charge is -2.14. The number of hydrogen-bond donors (Lipinski definition) is 2. The van der Waals surface area contributed by atoms with Gasteiger partial charge in [0.15, 0.2) is 5.96 Å². The predicted molar refractivity (Wildman–Crippen MR) is 101 cm³/mol. The van der Waals surface area contributed by atoms with E-state index in [1.54, 1.807) is 7.11 Å². The van der Waals surface area contributed by atoms with E-state index >= 15 is 0 Å². The van der Waals surface area contributed by atoms with Crippen LogP contribution >= 0.6 is 0 Å². The number of aromatic nitrogens is 2. The molecule has 26 heavy (non-hydrogen) atoms. The number of guanidine groups is 1. The summed E-state index contributed by atoms with van der Waals surface area (Å²) in [6, 6.07) is 8.15. The molecule has 3 N–H and O–H groups in total. The molecule has 1 aromatic heterocycles. The zero-order valence-electron chi connectivity index (χ0n) is 15.2. The molecule has 1 aliphatic heterocycles. The molecule has 1 aromatic carbocycles. The molecule has 0 radical (unpaired) electrons. The molecule has 1 fully saturated rings. The van der Waals surface area contributed by atoms with Crippen LogP contribution in [0.5, 0.6) is 0 Å². The van der Waals surface area contributed by atoms with Crippen molar-refractivity contribution in [2.45, 2.75) is 25.7 Å². The molecule has 0 saturated carbocycles. The molecule has 1 saturated heterocycles. The third kappa shape index (κ3) is 4.11. The number of benzene rings is 1. The minimum Gasteiger partial charge on any atom is -0.384 e. The van der Waals surface area contributed by atoms with Gasteiger partial charge in [-0.15, -0.1) is 0 Å². The highest BCUT2D eigenvalue weighted by Crippen LogP contribution is 2.28. The van der Waals surface area contributed by atoms with Gasteiger partial charge in [-0.3, -0.25) is 5.41 Å². The monoisotopic (exact) mass is 355 g/mol. The number of hydrogen-bond acceptors (Lipinski definition) is 5. The molecule has 0 amide bonds. The van der Waals surface area contributed by atoms with Gasteiger partial charge in [0.05, 0.1) is 5.92 Å². The molecule has 1 aliphatic rings. The number of methoxy groups -OCH3 is 1. The molecule has 7 heteroatoms. The van der Waals surface area contributed by atoms with Gasteiger partial charge in [-0.1, -0.05) is 35.5 Å². The maximum Gasteiger partial charge on any atom is 0.231 e. The minimum atomic E-state index is 0.0942. The highest BCUT2D eigenvalue weighted by atomic mass is 16.5. The number of nitrogens with zero attached hydrogens (tertiary/aromatic N) is 3. The van der Waals surface area contributed by atoms with Crippen LogP contribution in [0.15, 0.2) is 34.9 Å². The highest BCUT2D eigenvalue weighted by molar-refractivity contribution is 5.75. The Labute approximate surface area is 153 Å². The van der Waals surface area contributed by atoms with E-state index in [0.717, 1.165) is 31.6 Å². The van der Waals surface area contributed by atoms with Crippen molar-refractivity contribution in [3.63, 3.8) is 0 Å². The SMILES string of the molecule is COCC/C=C(\C)c1ccc(-c2noc([C@@H]3CCN(C(=N)N)C3)n2)cc1. The Morgan fingerprint density at radius 2 is 2.19 bits per heavy atom. The average Bonchev–Trinajstić information content (AvgIpc) is 3.31. The predicted octanol–water partition coefficient (Wildman–Crippen LogP) is 2.86. The number of ether oxygens (including phenoxy) is 1. The first kappa shape index (κ1) is 18.1. The van der Waals surface area contributed by atoms with Crippen molar-refractivity contribution in [3.05, 3.63) is 41.8 Å². The molecule has 0 aliphatic carbocycles. The van der Waals surface area contributed by atoms with Crippen molar-refractivity contribution in [2.75, 3.05) is 26.8 Å². The lowest BCUT2D eigenvalue weighted by atomic mass is 10.0. The van der Waals surface area contributed by atoms with Crippen molar-refractivity contribution < 1.29 is 9.26 Å². The van der Waals surface area contributed by atoms with Crippen molar-refractivity contribution in [3.8, 4) is 11.4 Å². The van der Waals surface area contributed by atoms with Gasteiger partial charge >= 0.3 is 0 Å². The van der Waals surface area contributed by atoms with Gasteiger partial charge in [0, 0.05) is 32.4 Å². The van der Waals surface area contributed by atoms with E-state index < -0.39 is 0 Å². The van der Waals surface area contributed by atoms with Crippen LogP contribution in [-0.4, -0.2) is 47.8 Å². The van der Waals surface area contributed by atoms with Crippen LogP contribution in [0.1, 0.15) is 37.1 Å². The summed E-state index contributed by atoms with van der Waals surface area (Å²) < 4.78 is 10.5. The van der Waals surface area contributed by atoms with E-state index in [-0.39, 0.29) is 11.9 Å². The smallest absolute Gasteiger partial charge is 0.231 e. The molecule has 3 rings (SSSR count). The summed E-state index contributed by atoms with van der Waals surface area (Å²) in [6.45, 7) is 4.23. The standard InChI is InChI=1S/C19H25N5O2/c1-13(4-3-11-25-2)14-5-7-15(8-6-14)17-22-18(26-23-17)16-9-10-24(12-16)19(20)21/h4-8,16H,3,9-12H2,1-2H3,(H3,20,21)/b13-4+/t16-/m1/s1. The van der Waals surface area contributed by atoms with Gasteiger partial charge in [-0.2, -0.15) is 4.98 Å². The van der Waals surface area contributed by atoms with Crippen molar-refractivity contribution in [1.29, 1.82) is 5.41 Å². The minimum absolute atomic E-state index is 0.0942. The van der Waals surface area contributed by atoms with Crippen LogP contribution in [0.3, 0.4) is 0 Å². The Balaban J connectivity index is 1.68. The summed E-state index contributed by atoms with van der Waals surface area (Å²) in [5, 5.41) is 11.6. The zero-order valence-corrected chi connectivity index (χ0v) is 15.2. The summed E-state index contributed by atoms with van der Waals surface area (Å²) >= 11 is 0. The van der Waals surface area contributed by atoms with Crippen molar-refractivity contribution in [1.82, 2.24) is 15.0 Å². The quantitative estimate of drug-likeness (QED) is 0.469. The lowest BCUT2D eigenvalue weighted by molar-refractivity contribution is 0.204.